The molecule has 0 aliphatic carbocycles. The molecule has 1 rings (SSSR count). The SMILES string of the molecule is ClCCC=Cc1ccc(Cl)nc1. The molecule has 1 aromatic heterocycles. The molecular weight excluding hydrogens is 193 g/mol. The third kappa shape index (κ3) is 3.24. The maximum atomic E-state index is 5.62. The van der Waals surface area contributed by atoms with Gasteiger partial charge < -0.3 is 0 Å². The molecule has 0 aliphatic rings. The van der Waals surface area contributed by atoms with E-state index in [1.807, 2.05) is 18.2 Å². The minimum absolute atomic E-state index is 0.518. The summed E-state index contributed by atoms with van der Waals surface area (Å²) in [5, 5.41) is 0.518. The van der Waals surface area contributed by atoms with Crippen LogP contribution in [0.25, 0.3) is 6.08 Å². The zero-order valence-corrected chi connectivity index (χ0v) is 8.02. The lowest BCUT2D eigenvalue weighted by atomic mass is 10.2. The zero-order chi connectivity index (χ0) is 8.81. The molecule has 1 aromatic rings. The third-order valence-electron chi connectivity index (χ3n) is 1.34. The van der Waals surface area contributed by atoms with Crippen LogP contribution in [0.5, 0.6) is 0 Å². The van der Waals surface area contributed by atoms with Crippen molar-refractivity contribution in [2.24, 2.45) is 0 Å². The van der Waals surface area contributed by atoms with Gasteiger partial charge in [-0.05, 0) is 18.1 Å². The van der Waals surface area contributed by atoms with Gasteiger partial charge in [0.05, 0.1) is 0 Å². The van der Waals surface area contributed by atoms with Crippen LogP contribution in [0.3, 0.4) is 0 Å². The number of hydrogen-bond donors (Lipinski definition) is 0. The first-order valence-corrected chi connectivity index (χ1v) is 4.58. The summed E-state index contributed by atoms with van der Waals surface area (Å²) in [6.07, 6.45) is 6.60. The van der Waals surface area contributed by atoms with Crippen LogP contribution in [0, 0.1) is 0 Å². The molecule has 1 nitrogen and oxygen atoms in total. The molecule has 0 radical (unpaired) electrons. The van der Waals surface area contributed by atoms with Crippen molar-refractivity contribution in [2.45, 2.75) is 6.42 Å². The first-order chi connectivity index (χ1) is 5.83. The molecule has 0 bridgehead atoms. The lowest BCUT2D eigenvalue weighted by Crippen LogP contribution is -1.76. The third-order valence-corrected chi connectivity index (χ3v) is 1.78. The molecule has 12 heavy (non-hydrogen) atoms. The fourth-order valence-corrected chi connectivity index (χ4v) is 1.01. The highest BCUT2D eigenvalue weighted by atomic mass is 35.5. The standard InChI is InChI=1S/C9H9Cl2N/c10-6-2-1-3-8-4-5-9(11)12-7-8/h1,3-5,7H,2,6H2. The lowest BCUT2D eigenvalue weighted by molar-refractivity contribution is 1.24. The average Bonchev–Trinajstić information content (AvgIpc) is 2.09. The summed E-state index contributed by atoms with van der Waals surface area (Å²) in [5.74, 6) is 0.650. The minimum Gasteiger partial charge on any atom is -0.244 e. The molecule has 0 amide bonds. The molecule has 0 aliphatic heterocycles. The highest BCUT2D eigenvalue weighted by molar-refractivity contribution is 6.29. The first kappa shape index (κ1) is 9.56. The largest absolute Gasteiger partial charge is 0.244 e. The van der Waals surface area contributed by atoms with Crippen LogP contribution in [0.15, 0.2) is 24.4 Å². The Kier molecular flexibility index (Phi) is 4.12. The molecule has 0 unspecified atom stereocenters. The van der Waals surface area contributed by atoms with Crippen LogP contribution in [-0.2, 0) is 0 Å². The summed E-state index contributed by atoms with van der Waals surface area (Å²) in [7, 11) is 0. The van der Waals surface area contributed by atoms with E-state index >= 15 is 0 Å². The zero-order valence-electron chi connectivity index (χ0n) is 6.50. The predicted octanol–water partition coefficient (Wildman–Crippen LogP) is 3.38. The Morgan fingerprint density at radius 1 is 1.42 bits per heavy atom. The molecule has 0 aromatic carbocycles. The van der Waals surface area contributed by atoms with Crippen molar-refractivity contribution in [3.05, 3.63) is 35.1 Å². The maximum Gasteiger partial charge on any atom is 0.129 e. The van der Waals surface area contributed by atoms with E-state index in [0.29, 0.717) is 11.0 Å². The number of hydrogen-bond acceptors (Lipinski definition) is 1. The maximum absolute atomic E-state index is 5.62. The molecule has 0 fully saturated rings. The molecule has 0 N–H and O–H groups in total. The second-order valence-electron chi connectivity index (χ2n) is 2.29. The monoisotopic (exact) mass is 201 g/mol. The summed E-state index contributed by atoms with van der Waals surface area (Å²) >= 11 is 11.1. The fourth-order valence-electron chi connectivity index (χ4n) is 0.768. The van der Waals surface area contributed by atoms with Crippen molar-refractivity contribution in [1.82, 2.24) is 4.98 Å². The van der Waals surface area contributed by atoms with Gasteiger partial charge in [0.25, 0.3) is 0 Å². The quantitative estimate of drug-likeness (QED) is 0.540. The minimum atomic E-state index is 0.518. The average molecular weight is 202 g/mol. The number of halogens is 2. The molecular formula is C9H9Cl2N. The van der Waals surface area contributed by atoms with Crippen molar-refractivity contribution in [1.29, 1.82) is 0 Å². The highest BCUT2D eigenvalue weighted by Crippen LogP contribution is 2.06. The molecule has 3 heteroatoms. The molecule has 0 saturated heterocycles. The Balaban J connectivity index is 2.58. The van der Waals surface area contributed by atoms with E-state index in [1.165, 1.54) is 0 Å². The van der Waals surface area contributed by atoms with Crippen LogP contribution in [0.4, 0.5) is 0 Å². The molecule has 0 atom stereocenters. The second kappa shape index (κ2) is 5.18. The van der Waals surface area contributed by atoms with Gasteiger partial charge in [0.1, 0.15) is 5.15 Å². The predicted molar refractivity (Wildman–Crippen MR) is 53.6 cm³/mol. The van der Waals surface area contributed by atoms with Crippen LogP contribution < -0.4 is 0 Å². The van der Waals surface area contributed by atoms with Crippen molar-refractivity contribution >= 4 is 29.3 Å². The van der Waals surface area contributed by atoms with Crippen LogP contribution in [-0.4, -0.2) is 10.9 Å². The van der Waals surface area contributed by atoms with Gasteiger partial charge in [-0.1, -0.05) is 29.8 Å². The molecule has 0 spiro atoms. The fraction of sp³-hybridized carbons (Fsp3) is 0.222. The van der Waals surface area contributed by atoms with E-state index in [4.69, 9.17) is 23.2 Å². The molecule has 1 heterocycles. The Hall–Kier alpha value is -0.530. The van der Waals surface area contributed by atoms with E-state index in [9.17, 15) is 0 Å². The first-order valence-electron chi connectivity index (χ1n) is 3.67. The summed E-state index contributed by atoms with van der Waals surface area (Å²) in [4.78, 5) is 3.94. The number of alkyl halides is 1. The van der Waals surface area contributed by atoms with Gasteiger partial charge in [-0.15, -0.1) is 11.6 Å². The van der Waals surface area contributed by atoms with Gasteiger partial charge in [0, 0.05) is 12.1 Å². The number of aromatic nitrogens is 1. The van der Waals surface area contributed by atoms with E-state index in [0.717, 1.165) is 12.0 Å². The summed E-state index contributed by atoms with van der Waals surface area (Å²) in [6, 6.07) is 3.68. The van der Waals surface area contributed by atoms with Crippen molar-refractivity contribution in [3.63, 3.8) is 0 Å². The number of allylic oxidation sites excluding steroid dienone is 1. The van der Waals surface area contributed by atoms with Crippen molar-refractivity contribution < 1.29 is 0 Å². The number of pyridine rings is 1. The topological polar surface area (TPSA) is 12.9 Å². The Morgan fingerprint density at radius 2 is 2.25 bits per heavy atom. The Bertz CT molecular complexity index is 254. The van der Waals surface area contributed by atoms with Crippen LogP contribution >= 0.6 is 23.2 Å². The van der Waals surface area contributed by atoms with E-state index in [1.54, 1.807) is 12.3 Å². The van der Waals surface area contributed by atoms with Gasteiger partial charge in [0.2, 0.25) is 0 Å². The number of nitrogens with zero attached hydrogens (tertiary/aromatic N) is 1. The Labute approximate surface area is 82.0 Å². The molecule has 0 saturated carbocycles. The van der Waals surface area contributed by atoms with Gasteiger partial charge in [0.15, 0.2) is 0 Å². The van der Waals surface area contributed by atoms with Gasteiger partial charge in [-0.25, -0.2) is 4.98 Å². The highest BCUT2D eigenvalue weighted by Gasteiger charge is 1.87. The second-order valence-corrected chi connectivity index (χ2v) is 3.06. The van der Waals surface area contributed by atoms with Crippen LogP contribution in [0.1, 0.15) is 12.0 Å². The van der Waals surface area contributed by atoms with E-state index < -0.39 is 0 Å². The summed E-state index contributed by atoms with van der Waals surface area (Å²) in [5.41, 5.74) is 1.05. The van der Waals surface area contributed by atoms with Crippen molar-refractivity contribution in [2.75, 3.05) is 5.88 Å². The van der Waals surface area contributed by atoms with Gasteiger partial charge >= 0.3 is 0 Å². The van der Waals surface area contributed by atoms with Gasteiger partial charge in [-0.3, -0.25) is 0 Å². The summed E-state index contributed by atoms with van der Waals surface area (Å²) < 4.78 is 0. The molecule has 64 valence electrons. The van der Waals surface area contributed by atoms with Crippen LogP contribution in [0.2, 0.25) is 5.15 Å². The smallest absolute Gasteiger partial charge is 0.129 e. The lowest BCUT2D eigenvalue weighted by Gasteiger charge is -1.91. The van der Waals surface area contributed by atoms with E-state index in [2.05, 4.69) is 4.98 Å². The summed E-state index contributed by atoms with van der Waals surface area (Å²) in [6.45, 7) is 0. The Morgan fingerprint density at radius 3 is 2.83 bits per heavy atom. The normalized spacial score (nSPS) is 10.8. The van der Waals surface area contributed by atoms with E-state index in [-0.39, 0.29) is 0 Å². The van der Waals surface area contributed by atoms with Crippen molar-refractivity contribution in [3.8, 4) is 0 Å². The van der Waals surface area contributed by atoms with Gasteiger partial charge in [-0.2, -0.15) is 0 Å². The number of rotatable bonds is 3.